The van der Waals surface area contributed by atoms with E-state index in [2.05, 4.69) is 5.32 Å². The summed E-state index contributed by atoms with van der Waals surface area (Å²) in [6.07, 6.45) is 2.09. The van der Waals surface area contributed by atoms with Crippen molar-refractivity contribution in [3.05, 3.63) is 77.9 Å². The Labute approximate surface area is 186 Å². The molecule has 0 spiro atoms. The van der Waals surface area contributed by atoms with Gasteiger partial charge in [0.25, 0.3) is 5.91 Å². The maximum Gasteiger partial charge on any atom is 0.414 e. The van der Waals surface area contributed by atoms with Gasteiger partial charge >= 0.3 is 12.1 Å². The van der Waals surface area contributed by atoms with Crippen molar-refractivity contribution in [3.8, 4) is 5.75 Å². The van der Waals surface area contributed by atoms with E-state index in [1.165, 1.54) is 0 Å². The number of carbonyl (C=O) groups excluding carboxylic acids is 2. The third kappa shape index (κ3) is 8.23. The number of carboxylic acid groups (broad SMARTS) is 1. The molecule has 2 aromatic rings. The molecule has 2 atom stereocenters. The van der Waals surface area contributed by atoms with Crippen LogP contribution in [-0.4, -0.2) is 41.4 Å². The van der Waals surface area contributed by atoms with Crippen LogP contribution in [0.2, 0.25) is 0 Å². The number of aliphatic hydroxyl groups is 1. The zero-order chi connectivity index (χ0) is 23.3. The minimum Gasteiger partial charge on any atom is -0.491 e. The first-order valence-electron chi connectivity index (χ1n) is 10.2. The van der Waals surface area contributed by atoms with Gasteiger partial charge in [-0.05, 0) is 48.6 Å². The molecule has 170 valence electrons. The van der Waals surface area contributed by atoms with Crippen molar-refractivity contribution >= 4 is 18.0 Å². The van der Waals surface area contributed by atoms with Crippen molar-refractivity contribution in [2.75, 3.05) is 13.2 Å². The van der Waals surface area contributed by atoms with Gasteiger partial charge in [-0.3, -0.25) is 10.1 Å². The van der Waals surface area contributed by atoms with Gasteiger partial charge in [0.15, 0.2) is 0 Å². The third-order valence-corrected chi connectivity index (χ3v) is 4.62. The number of hydrogen-bond acceptors (Lipinski definition) is 6. The molecule has 0 aliphatic carbocycles. The Kier molecular flexibility index (Phi) is 9.93. The highest BCUT2D eigenvalue weighted by atomic mass is 16.6. The zero-order valence-electron chi connectivity index (χ0n) is 17.8. The number of rotatable bonds is 11. The summed E-state index contributed by atoms with van der Waals surface area (Å²) in [5.74, 6) is -1.21. The summed E-state index contributed by atoms with van der Waals surface area (Å²) in [7, 11) is 0. The number of carbonyl (C=O) groups is 3. The van der Waals surface area contributed by atoms with E-state index in [-0.39, 0.29) is 19.1 Å². The molecule has 2 rings (SSSR count). The first-order chi connectivity index (χ1) is 15.4. The second kappa shape index (κ2) is 12.9. The first kappa shape index (κ1) is 24.6. The van der Waals surface area contributed by atoms with Crippen molar-refractivity contribution in [3.63, 3.8) is 0 Å². The summed E-state index contributed by atoms with van der Waals surface area (Å²) in [6, 6.07) is 15.2. The number of nitrogens with one attached hydrogen (secondary N) is 1. The lowest BCUT2D eigenvalue weighted by Gasteiger charge is -2.24. The normalized spacial score (nSPS) is 12.7. The summed E-state index contributed by atoms with van der Waals surface area (Å²) in [5, 5.41) is 19.8. The van der Waals surface area contributed by atoms with E-state index in [1.54, 1.807) is 60.7 Å². The molecule has 8 nitrogen and oxygen atoms in total. The highest BCUT2D eigenvalue weighted by Gasteiger charge is 2.24. The molecule has 32 heavy (non-hydrogen) atoms. The Morgan fingerprint density at radius 3 is 2.38 bits per heavy atom. The van der Waals surface area contributed by atoms with Crippen molar-refractivity contribution < 1.29 is 34.1 Å². The molecule has 0 aliphatic rings. The minimum atomic E-state index is -1.03. The van der Waals surface area contributed by atoms with Gasteiger partial charge in [-0.25, -0.2) is 9.59 Å². The van der Waals surface area contributed by atoms with Crippen LogP contribution in [0.1, 0.15) is 41.8 Å². The Morgan fingerprint density at radius 1 is 1.06 bits per heavy atom. The van der Waals surface area contributed by atoms with E-state index >= 15 is 0 Å². The van der Waals surface area contributed by atoms with Crippen LogP contribution in [0.5, 0.6) is 5.75 Å². The van der Waals surface area contributed by atoms with Gasteiger partial charge in [-0.15, -0.1) is 0 Å². The number of aliphatic carboxylic acids is 1. The first-order valence-corrected chi connectivity index (χ1v) is 10.2. The van der Waals surface area contributed by atoms with Crippen LogP contribution in [0.15, 0.2) is 66.7 Å². The molecule has 2 aromatic carbocycles. The highest BCUT2D eigenvalue weighted by molar-refractivity contribution is 6.02. The Morgan fingerprint density at radius 2 is 1.75 bits per heavy atom. The van der Waals surface area contributed by atoms with Crippen molar-refractivity contribution in [2.45, 2.75) is 25.9 Å². The van der Waals surface area contributed by atoms with E-state index in [4.69, 9.17) is 19.7 Å². The molecule has 0 saturated carbocycles. The second-order valence-corrected chi connectivity index (χ2v) is 7.08. The summed E-state index contributed by atoms with van der Waals surface area (Å²) >= 11 is 0. The fraction of sp³-hybridized carbons (Fsp3) is 0.292. The fourth-order valence-corrected chi connectivity index (χ4v) is 3.02. The van der Waals surface area contributed by atoms with Crippen LogP contribution in [0.3, 0.4) is 0 Å². The summed E-state index contributed by atoms with van der Waals surface area (Å²) in [4.78, 5) is 35.3. The molecule has 0 bridgehead atoms. The monoisotopic (exact) mass is 441 g/mol. The molecule has 2 amide bonds. The zero-order valence-corrected chi connectivity index (χ0v) is 17.8. The smallest absolute Gasteiger partial charge is 0.414 e. The molecule has 0 heterocycles. The topological polar surface area (TPSA) is 122 Å². The minimum absolute atomic E-state index is 0.107. The largest absolute Gasteiger partial charge is 0.491 e. The van der Waals surface area contributed by atoms with Crippen LogP contribution in [0.4, 0.5) is 4.79 Å². The van der Waals surface area contributed by atoms with E-state index in [9.17, 15) is 14.4 Å². The predicted molar refractivity (Wildman–Crippen MR) is 117 cm³/mol. The van der Waals surface area contributed by atoms with E-state index in [1.807, 2.05) is 6.92 Å². The molecule has 0 radical (unpaired) electrons. The standard InChI is InChI=1S/C24H27NO7/c1-17(7-5-6-10-21(27)28)22(18-11-13-20(14-12-18)31-16-15-26)32-24(30)25-23(29)19-8-3-2-4-9-19/h2-4,6,8-14,17,22,26H,5,7,15-16H2,1H3,(H,27,28)(H,25,29,30)/b10-6+/t17-,22+/m1/s1. The molecule has 0 fully saturated rings. The van der Waals surface area contributed by atoms with Crippen LogP contribution < -0.4 is 10.1 Å². The fourth-order valence-electron chi connectivity index (χ4n) is 3.02. The molecule has 3 N–H and O–H groups in total. The lowest BCUT2D eigenvalue weighted by atomic mass is 9.93. The molecule has 0 unspecified atom stereocenters. The number of allylic oxidation sites excluding steroid dienone is 1. The quantitative estimate of drug-likeness (QED) is 0.454. The number of amides is 2. The number of ether oxygens (including phenoxy) is 2. The van der Waals surface area contributed by atoms with E-state index < -0.39 is 24.1 Å². The average Bonchev–Trinajstić information content (AvgIpc) is 2.79. The number of alkyl carbamates (subject to hydrolysis) is 1. The molecule has 0 aromatic heterocycles. The van der Waals surface area contributed by atoms with Gasteiger partial charge in [-0.1, -0.05) is 43.3 Å². The lowest BCUT2D eigenvalue weighted by molar-refractivity contribution is -0.131. The Hall–Kier alpha value is -3.65. The number of hydrogen-bond donors (Lipinski definition) is 3. The van der Waals surface area contributed by atoms with E-state index in [0.717, 1.165) is 6.08 Å². The Bertz CT molecular complexity index is 910. The highest BCUT2D eigenvalue weighted by Crippen LogP contribution is 2.31. The van der Waals surface area contributed by atoms with Gasteiger partial charge in [-0.2, -0.15) is 0 Å². The molecular formula is C24H27NO7. The summed E-state index contributed by atoms with van der Waals surface area (Å²) in [5.41, 5.74) is 1.02. The number of benzene rings is 2. The van der Waals surface area contributed by atoms with Gasteiger partial charge in [0.1, 0.15) is 18.5 Å². The lowest BCUT2D eigenvalue weighted by Crippen LogP contribution is -2.33. The van der Waals surface area contributed by atoms with Gasteiger partial charge < -0.3 is 19.7 Å². The van der Waals surface area contributed by atoms with Crippen LogP contribution in [0.25, 0.3) is 0 Å². The Balaban J connectivity index is 2.10. The number of carboxylic acids is 1. The molecular weight excluding hydrogens is 414 g/mol. The number of imide groups is 1. The SMILES string of the molecule is C[C@H](CC/C=C/C(=O)O)[C@H](OC(=O)NC(=O)c1ccccc1)c1ccc(OCCO)cc1. The van der Waals surface area contributed by atoms with Gasteiger partial charge in [0.05, 0.1) is 6.61 Å². The predicted octanol–water partition coefficient (Wildman–Crippen LogP) is 3.72. The second-order valence-electron chi connectivity index (χ2n) is 7.08. The van der Waals surface area contributed by atoms with Crippen LogP contribution in [0, 0.1) is 5.92 Å². The van der Waals surface area contributed by atoms with Crippen molar-refractivity contribution in [1.82, 2.24) is 5.32 Å². The van der Waals surface area contributed by atoms with Crippen LogP contribution in [-0.2, 0) is 9.53 Å². The molecule has 0 saturated heterocycles. The van der Waals surface area contributed by atoms with Crippen molar-refractivity contribution in [1.29, 1.82) is 0 Å². The average molecular weight is 441 g/mol. The van der Waals surface area contributed by atoms with Crippen molar-refractivity contribution in [2.24, 2.45) is 5.92 Å². The molecule has 8 heteroatoms. The summed E-state index contributed by atoms with van der Waals surface area (Å²) in [6.45, 7) is 1.93. The van der Waals surface area contributed by atoms with Gasteiger partial charge in [0, 0.05) is 11.6 Å². The maximum absolute atomic E-state index is 12.4. The van der Waals surface area contributed by atoms with E-state index in [0.29, 0.717) is 29.7 Å². The third-order valence-electron chi connectivity index (χ3n) is 4.62. The number of aliphatic hydroxyl groups excluding tert-OH is 1. The van der Waals surface area contributed by atoms with Gasteiger partial charge in [0.2, 0.25) is 0 Å². The maximum atomic E-state index is 12.4. The molecule has 0 aliphatic heterocycles. The van der Waals surface area contributed by atoms with Crippen LogP contribution >= 0.6 is 0 Å². The summed E-state index contributed by atoms with van der Waals surface area (Å²) < 4.78 is 11.0.